The molecule has 0 radical (unpaired) electrons. The third-order valence-corrected chi connectivity index (χ3v) is 4.45. The Kier molecular flexibility index (Phi) is 4.45. The topological polar surface area (TPSA) is 55.0 Å². The number of para-hydroxylation sites is 2. The molecule has 1 N–H and O–H groups in total. The molecular weight excluding hydrogens is 418 g/mol. The number of hydrogen-bond acceptors (Lipinski definition) is 3. The number of carbonyl (C=O) groups is 1. The highest BCUT2D eigenvalue weighted by molar-refractivity contribution is 9.10. The standard InChI is InChI=1S/C20H11BrF2N2O2/c21-11-8-9-17(27-20(26)18-13(22)4-3-5-14(18)23)12(10-11)19-24-15-6-1-2-7-16(15)25-19/h1-10H,(H,24,25). The molecule has 4 aromatic rings. The molecule has 0 saturated heterocycles. The SMILES string of the molecule is O=C(Oc1ccc(Br)cc1-c1nc2ccccc2[nH]1)c1c(F)cccc1F. The number of aromatic nitrogens is 2. The van der Waals surface area contributed by atoms with Crippen molar-refractivity contribution in [1.82, 2.24) is 9.97 Å². The van der Waals surface area contributed by atoms with Gasteiger partial charge in [-0.2, -0.15) is 0 Å². The van der Waals surface area contributed by atoms with Crippen LogP contribution in [0.4, 0.5) is 8.78 Å². The summed E-state index contributed by atoms with van der Waals surface area (Å²) in [6, 6.07) is 15.5. The van der Waals surface area contributed by atoms with Crippen molar-refractivity contribution >= 4 is 32.9 Å². The molecule has 3 aromatic carbocycles. The fourth-order valence-corrected chi connectivity index (χ4v) is 3.06. The number of H-pyrrole nitrogens is 1. The molecule has 4 nitrogen and oxygen atoms in total. The predicted octanol–water partition coefficient (Wildman–Crippen LogP) is 5.49. The summed E-state index contributed by atoms with van der Waals surface area (Å²) in [5.74, 6) is -2.49. The highest BCUT2D eigenvalue weighted by Gasteiger charge is 2.21. The molecule has 1 aromatic heterocycles. The summed E-state index contributed by atoms with van der Waals surface area (Å²) in [6.07, 6.45) is 0. The third-order valence-electron chi connectivity index (χ3n) is 3.96. The number of esters is 1. The summed E-state index contributed by atoms with van der Waals surface area (Å²) in [6.45, 7) is 0. The van der Waals surface area contributed by atoms with Gasteiger partial charge in [-0.15, -0.1) is 0 Å². The maximum absolute atomic E-state index is 13.9. The lowest BCUT2D eigenvalue weighted by molar-refractivity contribution is 0.0725. The van der Waals surface area contributed by atoms with E-state index >= 15 is 0 Å². The Labute approximate surface area is 160 Å². The summed E-state index contributed by atoms with van der Waals surface area (Å²) < 4.78 is 33.8. The van der Waals surface area contributed by atoms with Crippen molar-refractivity contribution in [2.45, 2.75) is 0 Å². The van der Waals surface area contributed by atoms with Crippen LogP contribution in [0.5, 0.6) is 5.75 Å². The number of fused-ring (bicyclic) bond motifs is 1. The molecule has 0 aliphatic rings. The number of ether oxygens (including phenoxy) is 1. The zero-order valence-electron chi connectivity index (χ0n) is 13.7. The second-order valence-corrected chi connectivity index (χ2v) is 6.64. The summed E-state index contributed by atoms with van der Waals surface area (Å²) in [4.78, 5) is 20.0. The number of aromatic amines is 1. The minimum atomic E-state index is -1.12. The Morgan fingerprint density at radius 3 is 2.48 bits per heavy atom. The molecule has 1 heterocycles. The van der Waals surface area contributed by atoms with Crippen LogP contribution in [-0.2, 0) is 0 Å². The number of hydrogen-bond donors (Lipinski definition) is 1. The monoisotopic (exact) mass is 428 g/mol. The van der Waals surface area contributed by atoms with Gasteiger partial charge in [0, 0.05) is 4.47 Å². The van der Waals surface area contributed by atoms with E-state index in [1.807, 2.05) is 24.3 Å². The summed E-state index contributed by atoms with van der Waals surface area (Å²) >= 11 is 3.37. The fourth-order valence-electron chi connectivity index (χ4n) is 2.70. The van der Waals surface area contributed by atoms with Crippen molar-refractivity contribution in [3.8, 4) is 17.1 Å². The Hall–Kier alpha value is -3.06. The van der Waals surface area contributed by atoms with Gasteiger partial charge < -0.3 is 9.72 Å². The summed E-state index contributed by atoms with van der Waals surface area (Å²) in [5, 5.41) is 0. The van der Waals surface area contributed by atoms with Crippen LogP contribution in [0.1, 0.15) is 10.4 Å². The van der Waals surface area contributed by atoms with Crippen molar-refractivity contribution in [3.05, 3.63) is 82.3 Å². The molecule has 0 spiro atoms. The van der Waals surface area contributed by atoms with Gasteiger partial charge in [-0.25, -0.2) is 18.6 Å². The third kappa shape index (κ3) is 3.33. The van der Waals surface area contributed by atoms with Gasteiger partial charge in [-0.05, 0) is 42.5 Å². The number of rotatable bonds is 3. The van der Waals surface area contributed by atoms with Crippen LogP contribution in [0, 0.1) is 11.6 Å². The largest absolute Gasteiger partial charge is 0.422 e. The molecule has 7 heteroatoms. The maximum atomic E-state index is 13.9. The van der Waals surface area contributed by atoms with Crippen molar-refractivity contribution in [2.24, 2.45) is 0 Å². The van der Waals surface area contributed by atoms with E-state index in [1.54, 1.807) is 12.1 Å². The quantitative estimate of drug-likeness (QED) is 0.346. The highest BCUT2D eigenvalue weighted by Crippen LogP contribution is 2.33. The van der Waals surface area contributed by atoms with Gasteiger partial charge in [-0.1, -0.05) is 34.1 Å². The average Bonchev–Trinajstić information content (AvgIpc) is 3.07. The van der Waals surface area contributed by atoms with E-state index in [0.717, 1.165) is 27.6 Å². The van der Waals surface area contributed by atoms with E-state index in [2.05, 4.69) is 25.9 Å². The number of halogens is 3. The van der Waals surface area contributed by atoms with E-state index < -0.39 is 23.2 Å². The fraction of sp³-hybridized carbons (Fsp3) is 0. The van der Waals surface area contributed by atoms with Gasteiger partial charge in [0.15, 0.2) is 0 Å². The van der Waals surface area contributed by atoms with E-state index in [1.165, 1.54) is 12.1 Å². The average molecular weight is 429 g/mol. The van der Waals surface area contributed by atoms with Gasteiger partial charge in [0.2, 0.25) is 0 Å². The van der Waals surface area contributed by atoms with Gasteiger partial charge in [0.25, 0.3) is 0 Å². The van der Waals surface area contributed by atoms with Crippen LogP contribution in [-0.4, -0.2) is 15.9 Å². The number of carbonyl (C=O) groups excluding carboxylic acids is 1. The van der Waals surface area contributed by atoms with Crippen LogP contribution in [0.2, 0.25) is 0 Å². The zero-order valence-corrected chi connectivity index (χ0v) is 15.3. The Bertz CT molecular complexity index is 1120. The zero-order chi connectivity index (χ0) is 19.0. The minimum absolute atomic E-state index is 0.130. The van der Waals surface area contributed by atoms with Crippen LogP contribution >= 0.6 is 15.9 Å². The van der Waals surface area contributed by atoms with E-state index in [-0.39, 0.29) is 5.75 Å². The molecule has 4 rings (SSSR count). The first-order chi connectivity index (χ1) is 13.0. The van der Waals surface area contributed by atoms with Gasteiger partial charge >= 0.3 is 5.97 Å². The molecule has 0 aliphatic heterocycles. The second kappa shape index (κ2) is 6.92. The van der Waals surface area contributed by atoms with E-state index in [4.69, 9.17) is 4.74 Å². The summed E-state index contributed by atoms with van der Waals surface area (Å²) in [7, 11) is 0. The Balaban J connectivity index is 1.77. The molecular formula is C20H11BrF2N2O2. The lowest BCUT2D eigenvalue weighted by atomic mass is 10.1. The van der Waals surface area contributed by atoms with E-state index in [9.17, 15) is 13.6 Å². The molecule has 0 amide bonds. The number of benzene rings is 3. The maximum Gasteiger partial charge on any atom is 0.349 e. The number of nitrogens with one attached hydrogen (secondary N) is 1. The van der Waals surface area contributed by atoms with Crippen LogP contribution < -0.4 is 4.74 Å². The molecule has 0 atom stereocenters. The number of nitrogens with zero attached hydrogens (tertiary/aromatic N) is 1. The van der Waals surface area contributed by atoms with Crippen LogP contribution in [0.15, 0.2) is 65.1 Å². The molecule has 0 fully saturated rings. The molecule has 0 unspecified atom stereocenters. The smallest absolute Gasteiger partial charge is 0.349 e. The molecule has 0 saturated carbocycles. The summed E-state index contributed by atoms with van der Waals surface area (Å²) in [5.41, 5.74) is 1.29. The van der Waals surface area contributed by atoms with Crippen LogP contribution in [0.3, 0.4) is 0 Å². The lowest BCUT2D eigenvalue weighted by Gasteiger charge is -2.10. The van der Waals surface area contributed by atoms with Gasteiger partial charge in [0.1, 0.15) is 28.8 Å². The minimum Gasteiger partial charge on any atom is -0.422 e. The van der Waals surface area contributed by atoms with Gasteiger partial charge in [-0.3, -0.25) is 0 Å². The van der Waals surface area contributed by atoms with Crippen LogP contribution in [0.25, 0.3) is 22.4 Å². The van der Waals surface area contributed by atoms with Crippen molar-refractivity contribution < 1.29 is 18.3 Å². The molecule has 27 heavy (non-hydrogen) atoms. The molecule has 134 valence electrons. The first kappa shape index (κ1) is 17.4. The van der Waals surface area contributed by atoms with E-state index in [0.29, 0.717) is 11.4 Å². The molecule has 0 bridgehead atoms. The Morgan fingerprint density at radius 1 is 1.00 bits per heavy atom. The Morgan fingerprint density at radius 2 is 1.74 bits per heavy atom. The molecule has 0 aliphatic carbocycles. The predicted molar refractivity (Wildman–Crippen MR) is 101 cm³/mol. The highest BCUT2D eigenvalue weighted by atomic mass is 79.9. The van der Waals surface area contributed by atoms with Crippen molar-refractivity contribution in [2.75, 3.05) is 0 Å². The normalized spacial score (nSPS) is 10.9. The first-order valence-electron chi connectivity index (χ1n) is 7.94. The lowest BCUT2D eigenvalue weighted by Crippen LogP contribution is -2.13. The first-order valence-corrected chi connectivity index (χ1v) is 8.73. The van der Waals surface area contributed by atoms with Crippen molar-refractivity contribution in [1.29, 1.82) is 0 Å². The van der Waals surface area contributed by atoms with Crippen molar-refractivity contribution in [3.63, 3.8) is 0 Å². The number of imidazole rings is 1. The van der Waals surface area contributed by atoms with Gasteiger partial charge in [0.05, 0.1) is 16.6 Å². The second-order valence-electron chi connectivity index (χ2n) is 5.73.